The minimum absolute atomic E-state index is 0.951. The maximum Gasteiger partial charge on any atom is 0.138 e. The summed E-state index contributed by atoms with van der Waals surface area (Å²) in [5, 5.41) is 1.42. The standard InChI is InChI=1S/C14H15N3S/c1-9-3-4-10-12(16-9)11-5-8-18-14(11)17-7-2-6-15-13(10)17/h3-4H,2,5-8H2,1H3. The average Bonchev–Trinajstić information content (AvgIpc) is 2.88. The molecule has 0 spiro atoms. The van der Waals surface area contributed by atoms with Crippen molar-refractivity contribution in [2.24, 2.45) is 4.99 Å². The molecule has 4 heterocycles. The summed E-state index contributed by atoms with van der Waals surface area (Å²) in [4.78, 5) is 11.9. The van der Waals surface area contributed by atoms with Crippen molar-refractivity contribution in [1.29, 1.82) is 0 Å². The van der Waals surface area contributed by atoms with Gasteiger partial charge in [-0.3, -0.25) is 9.98 Å². The molecule has 0 unspecified atom stereocenters. The second kappa shape index (κ2) is 3.85. The van der Waals surface area contributed by atoms with Gasteiger partial charge >= 0.3 is 0 Å². The Morgan fingerprint density at radius 3 is 3.22 bits per heavy atom. The van der Waals surface area contributed by atoms with E-state index >= 15 is 0 Å². The fourth-order valence-electron chi connectivity index (χ4n) is 2.90. The molecule has 18 heavy (non-hydrogen) atoms. The van der Waals surface area contributed by atoms with E-state index in [4.69, 9.17) is 9.98 Å². The molecule has 1 aromatic rings. The lowest BCUT2D eigenvalue weighted by Gasteiger charge is -2.35. The molecule has 0 atom stereocenters. The number of amidine groups is 1. The number of hydrogen-bond donors (Lipinski definition) is 0. The molecule has 3 aliphatic rings. The van der Waals surface area contributed by atoms with E-state index in [9.17, 15) is 0 Å². The van der Waals surface area contributed by atoms with Crippen LogP contribution >= 0.6 is 11.8 Å². The smallest absolute Gasteiger partial charge is 0.138 e. The van der Waals surface area contributed by atoms with Crippen molar-refractivity contribution in [1.82, 2.24) is 9.88 Å². The molecular formula is C14H15N3S. The normalized spacial score (nSPS) is 21.4. The van der Waals surface area contributed by atoms with E-state index in [0.717, 1.165) is 37.5 Å². The summed E-state index contributed by atoms with van der Waals surface area (Å²) in [7, 11) is 0. The average molecular weight is 257 g/mol. The van der Waals surface area contributed by atoms with Gasteiger partial charge in [-0.15, -0.1) is 11.8 Å². The second-order valence-electron chi connectivity index (χ2n) is 4.94. The Kier molecular flexibility index (Phi) is 2.27. The van der Waals surface area contributed by atoms with Gasteiger partial charge in [-0.1, -0.05) is 0 Å². The molecule has 92 valence electrons. The van der Waals surface area contributed by atoms with Crippen LogP contribution in [0.15, 0.2) is 22.2 Å². The van der Waals surface area contributed by atoms with Crippen LogP contribution in [0.2, 0.25) is 0 Å². The van der Waals surface area contributed by atoms with Gasteiger partial charge in [0.15, 0.2) is 0 Å². The molecule has 0 amide bonds. The lowest BCUT2D eigenvalue weighted by molar-refractivity contribution is 0.498. The van der Waals surface area contributed by atoms with Crippen LogP contribution in [-0.2, 0) is 0 Å². The highest BCUT2D eigenvalue weighted by atomic mass is 32.2. The number of nitrogens with zero attached hydrogens (tertiary/aromatic N) is 3. The summed E-state index contributed by atoms with van der Waals surface area (Å²) >= 11 is 1.97. The van der Waals surface area contributed by atoms with Crippen molar-refractivity contribution < 1.29 is 0 Å². The predicted molar refractivity (Wildman–Crippen MR) is 75.7 cm³/mol. The van der Waals surface area contributed by atoms with Gasteiger partial charge < -0.3 is 4.90 Å². The molecule has 0 aromatic carbocycles. The molecule has 4 rings (SSSR count). The van der Waals surface area contributed by atoms with E-state index in [1.807, 2.05) is 11.8 Å². The Bertz CT molecular complexity index is 589. The first-order valence-electron chi connectivity index (χ1n) is 6.51. The van der Waals surface area contributed by atoms with Gasteiger partial charge in [0.25, 0.3) is 0 Å². The van der Waals surface area contributed by atoms with Crippen LogP contribution in [0.3, 0.4) is 0 Å². The highest BCUT2D eigenvalue weighted by Gasteiger charge is 2.34. The van der Waals surface area contributed by atoms with Gasteiger partial charge in [-0.05, 0) is 31.9 Å². The highest BCUT2D eigenvalue weighted by Crippen LogP contribution is 2.44. The molecule has 0 aliphatic carbocycles. The fourth-order valence-corrected chi connectivity index (χ4v) is 4.11. The van der Waals surface area contributed by atoms with Crippen LogP contribution in [0.4, 0.5) is 0 Å². The van der Waals surface area contributed by atoms with Gasteiger partial charge in [0, 0.05) is 35.7 Å². The van der Waals surface area contributed by atoms with Crippen molar-refractivity contribution in [3.8, 4) is 0 Å². The van der Waals surface area contributed by atoms with Crippen LogP contribution in [0, 0.1) is 6.92 Å². The van der Waals surface area contributed by atoms with Crippen LogP contribution < -0.4 is 0 Å². The van der Waals surface area contributed by atoms with Crippen molar-refractivity contribution in [3.63, 3.8) is 0 Å². The zero-order valence-electron chi connectivity index (χ0n) is 10.4. The highest BCUT2D eigenvalue weighted by molar-refractivity contribution is 8.03. The number of aliphatic imine (C=N–C) groups is 1. The van der Waals surface area contributed by atoms with Gasteiger partial charge in [0.05, 0.1) is 10.7 Å². The summed E-state index contributed by atoms with van der Waals surface area (Å²) in [5.41, 5.74) is 4.97. The third-order valence-corrected chi connectivity index (χ3v) is 4.86. The lowest BCUT2D eigenvalue weighted by atomic mass is 9.98. The van der Waals surface area contributed by atoms with E-state index in [1.165, 1.54) is 27.6 Å². The van der Waals surface area contributed by atoms with E-state index in [1.54, 1.807) is 0 Å². The summed E-state index contributed by atoms with van der Waals surface area (Å²) in [6, 6.07) is 4.30. The largest absolute Gasteiger partial charge is 0.320 e. The molecule has 0 bridgehead atoms. The van der Waals surface area contributed by atoms with Gasteiger partial charge in [0.2, 0.25) is 0 Å². The maximum absolute atomic E-state index is 4.77. The number of aromatic nitrogens is 1. The van der Waals surface area contributed by atoms with Crippen LogP contribution in [-0.4, -0.2) is 34.6 Å². The van der Waals surface area contributed by atoms with Gasteiger partial charge in [-0.2, -0.15) is 0 Å². The van der Waals surface area contributed by atoms with Crippen LogP contribution in [0.5, 0.6) is 0 Å². The number of rotatable bonds is 0. The fraction of sp³-hybridized carbons (Fsp3) is 0.429. The summed E-state index contributed by atoms with van der Waals surface area (Å²) in [5.74, 6) is 2.33. The third-order valence-electron chi connectivity index (χ3n) is 3.71. The molecular weight excluding hydrogens is 242 g/mol. The Balaban J connectivity index is 1.99. The first-order valence-corrected chi connectivity index (χ1v) is 7.49. The Hall–Kier alpha value is -1.29. The van der Waals surface area contributed by atoms with E-state index in [0.29, 0.717) is 0 Å². The number of aryl methyl sites for hydroxylation is 1. The molecule has 0 saturated carbocycles. The molecule has 4 heteroatoms. The van der Waals surface area contributed by atoms with E-state index < -0.39 is 0 Å². The second-order valence-corrected chi connectivity index (χ2v) is 6.03. The zero-order chi connectivity index (χ0) is 12.1. The van der Waals surface area contributed by atoms with E-state index in [2.05, 4.69) is 24.0 Å². The van der Waals surface area contributed by atoms with E-state index in [-0.39, 0.29) is 0 Å². The summed E-state index contributed by atoms with van der Waals surface area (Å²) in [6.45, 7) is 4.13. The molecule has 3 nitrogen and oxygen atoms in total. The minimum atomic E-state index is 0.951. The van der Waals surface area contributed by atoms with Crippen molar-refractivity contribution in [2.75, 3.05) is 18.8 Å². The Morgan fingerprint density at radius 1 is 1.33 bits per heavy atom. The number of allylic oxidation sites excluding steroid dienone is 1. The third kappa shape index (κ3) is 1.38. The first-order chi connectivity index (χ1) is 8.84. The molecule has 0 radical (unpaired) electrons. The van der Waals surface area contributed by atoms with Crippen molar-refractivity contribution >= 4 is 23.2 Å². The Labute approximate surface area is 111 Å². The monoisotopic (exact) mass is 257 g/mol. The van der Waals surface area contributed by atoms with Crippen molar-refractivity contribution in [2.45, 2.75) is 19.8 Å². The topological polar surface area (TPSA) is 28.5 Å². The SMILES string of the molecule is Cc1ccc2c(n1)C1=C(SCC1)N1CCCN=C21. The number of hydrogen-bond acceptors (Lipinski definition) is 4. The number of fused-ring (bicyclic) bond motifs is 5. The molecule has 0 N–H and O–H groups in total. The number of pyridine rings is 1. The Morgan fingerprint density at radius 2 is 2.28 bits per heavy atom. The first kappa shape index (κ1) is 10.6. The minimum Gasteiger partial charge on any atom is -0.320 e. The molecule has 0 fully saturated rings. The lowest BCUT2D eigenvalue weighted by Crippen LogP contribution is -2.38. The predicted octanol–water partition coefficient (Wildman–Crippen LogP) is 2.66. The number of thioether (sulfide) groups is 1. The molecule has 3 aliphatic heterocycles. The van der Waals surface area contributed by atoms with Gasteiger partial charge in [-0.25, -0.2) is 0 Å². The molecule has 1 aromatic heterocycles. The zero-order valence-corrected chi connectivity index (χ0v) is 11.3. The van der Waals surface area contributed by atoms with Gasteiger partial charge in [0.1, 0.15) is 5.84 Å². The van der Waals surface area contributed by atoms with Crippen LogP contribution in [0.25, 0.3) is 5.57 Å². The quantitative estimate of drug-likeness (QED) is 0.715. The summed E-state index contributed by atoms with van der Waals surface area (Å²) in [6.07, 6.45) is 2.31. The summed E-state index contributed by atoms with van der Waals surface area (Å²) < 4.78 is 0. The maximum atomic E-state index is 4.77. The van der Waals surface area contributed by atoms with Crippen LogP contribution in [0.1, 0.15) is 29.8 Å². The van der Waals surface area contributed by atoms with Crippen molar-refractivity contribution in [3.05, 3.63) is 34.1 Å². The molecule has 0 saturated heterocycles.